The van der Waals surface area contributed by atoms with E-state index in [2.05, 4.69) is 16.4 Å². The molecule has 4 nitrogen and oxygen atoms in total. The third-order valence-corrected chi connectivity index (χ3v) is 6.28. The zero-order valence-electron chi connectivity index (χ0n) is 14.7. The third kappa shape index (κ3) is 4.01. The third-order valence-electron chi connectivity index (χ3n) is 4.27. The smallest absolute Gasteiger partial charge is 0.238 e. The largest absolute Gasteiger partial charge is 0.322 e. The second-order valence-corrected chi connectivity index (χ2v) is 8.06. The molecule has 2 aromatic carbocycles. The van der Waals surface area contributed by atoms with Gasteiger partial charge in [-0.05, 0) is 44.7 Å². The Labute approximate surface area is 166 Å². The highest BCUT2D eigenvalue weighted by atomic mass is 35.5. The number of anilines is 1. The van der Waals surface area contributed by atoms with Crippen molar-refractivity contribution >= 4 is 56.3 Å². The number of hydrogen-bond acceptors (Lipinski definition) is 4. The van der Waals surface area contributed by atoms with Crippen LogP contribution in [-0.4, -0.2) is 29.4 Å². The zero-order valence-corrected chi connectivity index (χ0v) is 17.0. The average Bonchev–Trinajstić information content (AvgIpc) is 3.05. The van der Waals surface area contributed by atoms with Crippen molar-refractivity contribution in [3.8, 4) is 0 Å². The molecule has 26 heavy (non-hydrogen) atoms. The molecule has 1 N–H and O–H groups in total. The molecule has 7 heteroatoms. The van der Waals surface area contributed by atoms with Gasteiger partial charge in [-0.15, -0.1) is 11.3 Å². The highest BCUT2D eigenvalue weighted by Gasteiger charge is 2.19. The fourth-order valence-electron chi connectivity index (χ4n) is 2.57. The van der Waals surface area contributed by atoms with Gasteiger partial charge >= 0.3 is 0 Å². The molecule has 0 spiro atoms. The maximum absolute atomic E-state index is 12.5. The monoisotopic (exact) mass is 407 g/mol. The van der Waals surface area contributed by atoms with Crippen molar-refractivity contribution in [1.82, 2.24) is 9.88 Å². The average molecular weight is 408 g/mol. The van der Waals surface area contributed by atoms with Crippen LogP contribution in [0.1, 0.15) is 23.5 Å². The summed E-state index contributed by atoms with van der Waals surface area (Å²) in [7, 11) is 1.90. The summed E-state index contributed by atoms with van der Waals surface area (Å²) in [6.07, 6.45) is 0. The van der Waals surface area contributed by atoms with E-state index in [1.165, 1.54) is 0 Å². The van der Waals surface area contributed by atoms with Crippen molar-refractivity contribution in [3.63, 3.8) is 0 Å². The van der Waals surface area contributed by atoms with Crippen LogP contribution in [0.4, 0.5) is 5.69 Å². The molecular formula is C19H19Cl2N3OS. The first-order chi connectivity index (χ1) is 12.4. The minimum absolute atomic E-state index is 0.0154. The van der Waals surface area contributed by atoms with Gasteiger partial charge in [-0.25, -0.2) is 4.98 Å². The van der Waals surface area contributed by atoms with Crippen LogP contribution in [0, 0.1) is 6.92 Å². The van der Waals surface area contributed by atoms with Crippen molar-refractivity contribution in [2.45, 2.75) is 19.9 Å². The van der Waals surface area contributed by atoms with Crippen LogP contribution in [0.15, 0.2) is 36.4 Å². The number of likely N-dealkylation sites (N-methyl/N-ethyl adjacent to an activating group) is 1. The van der Waals surface area contributed by atoms with Gasteiger partial charge in [0.25, 0.3) is 0 Å². The number of aryl methyl sites for hydroxylation is 1. The molecule has 0 bridgehead atoms. The lowest BCUT2D eigenvalue weighted by Gasteiger charge is -2.22. The summed E-state index contributed by atoms with van der Waals surface area (Å²) in [6, 6.07) is 11.6. The number of hydrogen-bond donors (Lipinski definition) is 1. The van der Waals surface area contributed by atoms with E-state index in [0.29, 0.717) is 15.7 Å². The lowest BCUT2D eigenvalue weighted by Crippen LogP contribution is -2.32. The molecule has 136 valence electrons. The molecule has 3 aromatic rings. The Balaban J connectivity index is 1.70. The van der Waals surface area contributed by atoms with Crippen LogP contribution < -0.4 is 5.32 Å². The molecule has 0 saturated carbocycles. The number of carbonyl (C=O) groups excluding carboxylic acids is 1. The number of halogens is 2. The quantitative estimate of drug-likeness (QED) is 0.603. The highest BCUT2D eigenvalue weighted by Crippen LogP contribution is 2.33. The first-order valence-electron chi connectivity index (χ1n) is 8.17. The summed E-state index contributed by atoms with van der Waals surface area (Å²) in [6.45, 7) is 4.12. The van der Waals surface area contributed by atoms with Crippen LogP contribution in [0.2, 0.25) is 10.0 Å². The van der Waals surface area contributed by atoms with Crippen LogP contribution in [0.25, 0.3) is 10.2 Å². The number of nitrogens with one attached hydrogen (secondary N) is 1. The van der Waals surface area contributed by atoms with Crippen LogP contribution >= 0.6 is 34.5 Å². The number of amides is 1. The van der Waals surface area contributed by atoms with Crippen molar-refractivity contribution in [3.05, 3.63) is 57.0 Å². The Kier molecular flexibility index (Phi) is 5.82. The Morgan fingerprint density at radius 3 is 2.73 bits per heavy atom. The number of rotatable bonds is 5. The number of thiazole rings is 1. The summed E-state index contributed by atoms with van der Waals surface area (Å²) in [5.41, 5.74) is 2.30. The summed E-state index contributed by atoms with van der Waals surface area (Å²) in [5.74, 6) is -0.171. The molecule has 1 atom stereocenters. The molecule has 0 aliphatic heterocycles. The van der Waals surface area contributed by atoms with Crippen LogP contribution in [-0.2, 0) is 4.79 Å². The van der Waals surface area contributed by atoms with Crippen LogP contribution in [0.5, 0.6) is 0 Å². The van der Waals surface area contributed by atoms with Gasteiger partial charge in [0.05, 0.1) is 38.5 Å². The topological polar surface area (TPSA) is 45.2 Å². The Morgan fingerprint density at radius 1 is 1.27 bits per heavy atom. The highest BCUT2D eigenvalue weighted by molar-refractivity contribution is 7.18. The second kappa shape index (κ2) is 7.92. The van der Waals surface area contributed by atoms with Crippen molar-refractivity contribution in [1.29, 1.82) is 0 Å². The Morgan fingerprint density at radius 2 is 2.00 bits per heavy atom. The van der Waals surface area contributed by atoms with Gasteiger partial charge in [-0.2, -0.15) is 0 Å². The summed E-state index contributed by atoms with van der Waals surface area (Å²) >= 11 is 14.1. The molecule has 1 heterocycles. The number of carbonyl (C=O) groups is 1. The van der Waals surface area contributed by atoms with E-state index < -0.39 is 0 Å². The predicted molar refractivity (Wildman–Crippen MR) is 110 cm³/mol. The maximum Gasteiger partial charge on any atom is 0.238 e. The molecule has 0 aliphatic carbocycles. The van der Waals surface area contributed by atoms with Crippen molar-refractivity contribution in [2.75, 3.05) is 18.9 Å². The molecular weight excluding hydrogens is 389 g/mol. The van der Waals surface area contributed by atoms with Gasteiger partial charge in [-0.1, -0.05) is 41.4 Å². The van der Waals surface area contributed by atoms with Gasteiger partial charge < -0.3 is 5.32 Å². The van der Waals surface area contributed by atoms with E-state index in [4.69, 9.17) is 23.2 Å². The summed E-state index contributed by atoms with van der Waals surface area (Å²) in [4.78, 5) is 19.1. The van der Waals surface area contributed by atoms with Crippen molar-refractivity contribution < 1.29 is 4.79 Å². The molecule has 0 radical (unpaired) electrons. The molecule has 0 saturated heterocycles. The maximum atomic E-state index is 12.5. The molecule has 0 aliphatic rings. The number of aromatic nitrogens is 1. The predicted octanol–water partition coefficient (Wildman–Crippen LogP) is 5.54. The number of nitrogens with zero attached hydrogens (tertiary/aromatic N) is 2. The van der Waals surface area contributed by atoms with E-state index in [9.17, 15) is 4.79 Å². The minimum atomic E-state index is -0.171. The lowest BCUT2D eigenvalue weighted by atomic mass is 10.2. The zero-order chi connectivity index (χ0) is 18.8. The number of benzene rings is 2. The summed E-state index contributed by atoms with van der Waals surface area (Å²) in [5, 5.41) is 4.69. The Hall–Kier alpha value is -1.66. The van der Waals surface area contributed by atoms with E-state index in [1.54, 1.807) is 17.4 Å². The fraction of sp³-hybridized carbons (Fsp3) is 0.263. The van der Waals surface area contributed by atoms with Gasteiger partial charge in [0, 0.05) is 0 Å². The van der Waals surface area contributed by atoms with Crippen LogP contribution in [0.3, 0.4) is 0 Å². The number of fused-ring (bicyclic) bond motifs is 1. The minimum Gasteiger partial charge on any atom is -0.322 e. The first-order valence-corrected chi connectivity index (χ1v) is 9.74. The molecule has 1 amide bonds. The van der Waals surface area contributed by atoms with E-state index in [0.717, 1.165) is 20.8 Å². The SMILES string of the molecule is Cc1ccc(Cl)c(NC(=O)CN(C)[C@@H](C)c2nc3ccccc3s2)c1Cl. The fourth-order valence-corrected chi connectivity index (χ4v) is 4.12. The normalized spacial score (nSPS) is 12.5. The standard InChI is InChI=1S/C19H19Cl2N3OS/c1-11-8-9-13(20)18(17(11)21)23-16(25)10-24(3)12(2)19-22-14-6-4-5-7-15(14)26-19/h4-9,12H,10H2,1-3H3,(H,23,25)/t12-/m0/s1. The van der Waals surface area contributed by atoms with E-state index >= 15 is 0 Å². The van der Waals surface area contributed by atoms with Gasteiger partial charge in [0.15, 0.2) is 0 Å². The van der Waals surface area contributed by atoms with Gasteiger partial charge in [0.1, 0.15) is 5.01 Å². The molecule has 0 fully saturated rings. The van der Waals surface area contributed by atoms with Crippen molar-refractivity contribution in [2.24, 2.45) is 0 Å². The summed E-state index contributed by atoms with van der Waals surface area (Å²) < 4.78 is 1.14. The van der Waals surface area contributed by atoms with Gasteiger partial charge in [-0.3, -0.25) is 9.69 Å². The van der Waals surface area contributed by atoms with Gasteiger partial charge in [0.2, 0.25) is 5.91 Å². The molecule has 1 aromatic heterocycles. The van der Waals surface area contributed by atoms with E-state index in [-0.39, 0.29) is 18.5 Å². The first kappa shape index (κ1) is 19.1. The number of para-hydroxylation sites is 1. The van der Waals surface area contributed by atoms with E-state index in [1.807, 2.05) is 50.1 Å². The second-order valence-electron chi connectivity index (χ2n) is 6.21. The lowest BCUT2D eigenvalue weighted by molar-refractivity contribution is -0.117. The molecule has 3 rings (SSSR count). The molecule has 0 unspecified atom stereocenters. The Bertz CT molecular complexity index is 924.